The summed E-state index contributed by atoms with van der Waals surface area (Å²) in [7, 11) is 1.57. The van der Waals surface area contributed by atoms with Crippen LogP contribution in [0.15, 0.2) is 54.6 Å². The Kier molecular flexibility index (Phi) is 7.40. The number of amides is 2. The van der Waals surface area contributed by atoms with Crippen LogP contribution in [0.4, 0.5) is 10.6 Å². The quantitative estimate of drug-likeness (QED) is 0.414. The summed E-state index contributed by atoms with van der Waals surface area (Å²) in [6.45, 7) is 0.154. The number of nitrogens with one attached hydrogen (secondary N) is 2. The van der Waals surface area contributed by atoms with Gasteiger partial charge in [0.2, 0.25) is 0 Å². The van der Waals surface area contributed by atoms with Crippen molar-refractivity contribution in [3.05, 3.63) is 71.4 Å². The van der Waals surface area contributed by atoms with E-state index in [1.807, 2.05) is 42.7 Å². The Morgan fingerprint density at radius 2 is 1.74 bits per heavy atom. The highest BCUT2D eigenvalue weighted by molar-refractivity contribution is 7.98. The normalized spacial score (nSPS) is 13.0. The third kappa shape index (κ3) is 5.32. The van der Waals surface area contributed by atoms with Crippen LogP contribution in [0.25, 0.3) is 11.1 Å². The molecule has 9 nitrogen and oxygen atoms in total. The number of hydrogen-bond donors (Lipinski definition) is 3. The van der Waals surface area contributed by atoms with Gasteiger partial charge in [0.15, 0.2) is 5.69 Å². The fourth-order valence-corrected chi connectivity index (χ4v) is 4.63. The summed E-state index contributed by atoms with van der Waals surface area (Å²) >= 11 is 1.49. The van der Waals surface area contributed by atoms with Crippen molar-refractivity contribution in [2.45, 2.75) is 18.4 Å². The van der Waals surface area contributed by atoms with Gasteiger partial charge in [-0.15, -0.1) is 0 Å². The summed E-state index contributed by atoms with van der Waals surface area (Å²) < 4.78 is 6.86. The average molecular weight is 495 g/mol. The number of carboxylic acids is 1. The number of nitrogens with zero attached hydrogens (tertiary/aromatic N) is 2. The van der Waals surface area contributed by atoms with Crippen molar-refractivity contribution in [2.24, 2.45) is 7.05 Å². The number of carbonyl (C=O) groups is 3. The summed E-state index contributed by atoms with van der Waals surface area (Å²) in [4.78, 5) is 36.5. The molecule has 3 aromatic rings. The largest absolute Gasteiger partial charge is 0.480 e. The standard InChI is InChI=1S/C25H26N4O5S/c1-29-22(13-21(28-29)23(30)26-20(24(31)32)11-12-35-2)27-25(33)34-14-19-17-9-5-3-7-15(17)16-8-4-6-10-18(16)19/h3-10,13,19-20H,11-12,14H2,1-2H3,(H,26,30)(H,27,33)(H,31,32)/t20-/m1/s1. The maximum atomic E-state index is 12.6. The van der Waals surface area contributed by atoms with E-state index in [-0.39, 0.29) is 24.0 Å². The molecule has 2 amide bonds. The first-order valence-corrected chi connectivity index (χ1v) is 12.5. The Labute approximate surface area is 206 Å². The number of carbonyl (C=O) groups excluding carboxylic acids is 2. The second kappa shape index (κ2) is 10.6. The van der Waals surface area contributed by atoms with Crippen LogP contribution < -0.4 is 10.6 Å². The highest BCUT2D eigenvalue weighted by Gasteiger charge is 2.29. The highest BCUT2D eigenvalue weighted by Crippen LogP contribution is 2.44. The first-order valence-electron chi connectivity index (χ1n) is 11.1. The zero-order valence-electron chi connectivity index (χ0n) is 19.4. The van der Waals surface area contributed by atoms with Crippen LogP contribution >= 0.6 is 11.8 Å². The van der Waals surface area contributed by atoms with Gasteiger partial charge in [0.05, 0.1) is 0 Å². The van der Waals surface area contributed by atoms with Crippen molar-refractivity contribution in [2.75, 3.05) is 23.9 Å². The van der Waals surface area contributed by atoms with Gasteiger partial charge in [-0.2, -0.15) is 16.9 Å². The highest BCUT2D eigenvalue weighted by atomic mass is 32.2. The second-order valence-electron chi connectivity index (χ2n) is 8.13. The lowest BCUT2D eigenvalue weighted by atomic mass is 9.98. The summed E-state index contributed by atoms with van der Waals surface area (Å²) in [6, 6.07) is 16.5. The molecule has 1 aliphatic carbocycles. The molecular formula is C25H26N4O5S. The van der Waals surface area contributed by atoms with Crippen molar-refractivity contribution >= 4 is 35.5 Å². The summed E-state index contributed by atoms with van der Waals surface area (Å²) in [5.41, 5.74) is 4.48. The molecule has 1 aliphatic rings. The minimum absolute atomic E-state index is 0.00292. The van der Waals surface area contributed by atoms with E-state index < -0.39 is 24.0 Å². The predicted octanol–water partition coefficient (Wildman–Crippen LogP) is 3.72. The molecule has 1 atom stereocenters. The van der Waals surface area contributed by atoms with Crippen LogP contribution in [0, 0.1) is 0 Å². The molecule has 182 valence electrons. The van der Waals surface area contributed by atoms with E-state index in [2.05, 4.69) is 27.9 Å². The Morgan fingerprint density at radius 1 is 1.11 bits per heavy atom. The second-order valence-corrected chi connectivity index (χ2v) is 9.12. The molecule has 0 saturated heterocycles. The number of aryl methyl sites for hydroxylation is 1. The average Bonchev–Trinajstić information content (AvgIpc) is 3.37. The number of aliphatic carboxylic acids is 1. The van der Waals surface area contributed by atoms with Crippen LogP contribution in [0.2, 0.25) is 0 Å². The van der Waals surface area contributed by atoms with E-state index in [1.165, 1.54) is 22.5 Å². The maximum absolute atomic E-state index is 12.6. The zero-order valence-corrected chi connectivity index (χ0v) is 20.2. The van der Waals surface area contributed by atoms with Gasteiger partial charge in [0.1, 0.15) is 18.5 Å². The zero-order chi connectivity index (χ0) is 24.9. The number of benzene rings is 2. The van der Waals surface area contributed by atoms with Gasteiger partial charge in [0, 0.05) is 19.0 Å². The van der Waals surface area contributed by atoms with E-state index >= 15 is 0 Å². The lowest BCUT2D eigenvalue weighted by molar-refractivity contribution is -0.139. The number of fused-ring (bicyclic) bond motifs is 3. The minimum atomic E-state index is -1.11. The van der Waals surface area contributed by atoms with E-state index in [1.54, 1.807) is 7.05 Å². The summed E-state index contributed by atoms with van der Waals surface area (Å²) in [6.07, 6.45) is 1.48. The predicted molar refractivity (Wildman–Crippen MR) is 134 cm³/mol. The molecule has 4 rings (SSSR count). The number of hydrogen-bond acceptors (Lipinski definition) is 6. The molecule has 1 aromatic heterocycles. The maximum Gasteiger partial charge on any atom is 0.412 e. The van der Waals surface area contributed by atoms with Crippen molar-refractivity contribution in [1.29, 1.82) is 0 Å². The number of thioether (sulfide) groups is 1. The van der Waals surface area contributed by atoms with E-state index in [4.69, 9.17) is 4.74 Å². The molecule has 0 aliphatic heterocycles. The van der Waals surface area contributed by atoms with Crippen LogP contribution in [0.1, 0.15) is 34.0 Å². The van der Waals surface area contributed by atoms with Gasteiger partial charge in [-0.3, -0.25) is 14.8 Å². The lowest BCUT2D eigenvalue weighted by Gasteiger charge is -2.14. The summed E-state index contributed by atoms with van der Waals surface area (Å²) in [5, 5.41) is 18.5. The van der Waals surface area contributed by atoms with Crippen LogP contribution in [-0.2, 0) is 16.6 Å². The first-order chi connectivity index (χ1) is 16.9. The molecule has 35 heavy (non-hydrogen) atoms. The number of rotatable bonds is 9. The number of anilines is 1. The molecule has 0 unspecified atom stereocenters. The smallest absolute Gasteiger partial charge is 0.412 e. The minimum Gasteiger partial charge on any atom is -0.480 e. The molecule has 0 saturated carbocycles. The van der Waals surface area contributed by atoms with Crippen molar-refractivity contribution in [1.82, 2.24) is 15.1 Å². The Hall–Kier alpha value is -3.79. The molecule has 1 heterocycles. The molecule has 0 bridgehead atoms. The molecule has 0 spiro atoms. The molecular weight excluding hydrogens is 468 g/mol. The van der Waals surface area contributed by atoms with Gasteiger partial charge >= 0.3 is 12.1 Å². The molecule has 10 heteroatoms. The fraction of sp³-hybridized carbons (Fsp3) is 0.280. The first kappa shape index (κ1) is 24.3. The van der Waals surface area contributed by atoms with Crippen molar-refractivity contribution < 1.29 is 24.2 Å². The molecule has 3 N–H and O–H groups in total. The molecule has 0 radical (unpaired) electrons. The van der Waals surface area contributed by atoms with Crippen LogP contribution in [-0.4, -0.2) is 57.5 Å². The van der Waals surface area contributed by atoms with Gasteiger partial charge in [-0.05, 0) is 40.7 Å². The molecule has 2 aromatic carbocycles. The van der Waals surface area contributed by atoms with Gasteiger partial charge in [-0.25, -0.2) is 9.59 Å². The Morgan fingerprint density at radius 3 is 2.34 bits per heavy atom. The third-order valence-corrected chi connectivity index (χ3v) is 6.54. The lowest BCUT2D eigenvalue weighted by Crippen LogP contribution is -2.41. The number of aromatic nitrogens is 2. The number of carboxylic acid groups (broad SMARTS) is 1. The van der Waals surface area contributed by atoms with Crippen LogP contribution in [0.5, 0.6) is 0 Å². The third-order valence-electron chi connectivity index (χ3n) is 5.90. The summed E-state index contributed by atoms with van der Waals surface area (Å²) in [5.74, 6) is -0.970. The van der Waals surface area contributed by atoms with Gasteiger partial charge < -0.3 is 15.2 Å². The monoisotopic (exact) mass is 494 g/mol. The Bertz CT molecular complexity index is 1210. The SMILES string of the molecule is CSCC[C@@H](NC(=O)c1cc(NC(=O)OCC2c3ccccc3-c3ccccc32)n(C)n1)C(=O)O. The van der Waals surface area contributed by atoms with E-state index in [0.717, 1.165) is 22.3 Å². The van der Waals surface area contributed by atoms with Crippen molar-refractivity contribution in [3.63, 3.8) is 0 Å². The van der Waals surface area contributed by atoms with Gasteiger partial charge in [-0.1, -0.05) is 48.5 Å². The number of ether oxygens (including phenoxy) is 1. The van der Waals surface area contributed by atoms with Crippen molar-refractivity contribution in [3.8, 4) is 11.1 Å². The fourth-order valence-electron chi connectivity index (χ4n) is 4.16. The van der Waals surface area contributed by atoms with Crippen LogP contribution in [0.3, 0.4) is 0 Å². The van der Waals surface area contributed by atoms with E-state index in [9.17, 15) is 19.5 Å². The van der Waals surface area contributed by atoms with Gasteiger partial charge in [0.25, 0.3) is 5.91 Å². The van der Waals surface area contributed by atoms with E-state index in [0.29, 0.717) is 12.2 Å². The molecule has 0 fully saturated rings. The Balaban J connectivity index is 1.39. The topological polar surface area (TPSA) is 123 Å².